The molecular weight excluding hydrogens is 152 g/mol. The van der Waals surface area contributed by atoms with Crippen LogP contribution in [0.4, 0.5) is 0 Å². The molecule has 0 bridgehead atoms. The minimum Gasteiger partial charge on any atom is -0.550 e. The van der Waals surface area contributed by atoms with Gasteiger partial charge in [0.25, 0.3) is 0 Å². The first kappa shape index (κ1) is 8.78. The van der Waals surface area contributed by atoms with Crippen LogP contribution in [0.3, 0.4) is 0 Å². The Kier molecular flexibility index (Phi) is 2.48. The van der Waals surface area contributed by atoms with E-state index in [-0.39, 0.29) is 6.42 Å². The van der Waals surface area contributed by atoms with Gasteiger partial charge in [0.1, 0.15) is 0 Å². The maximum absolute atomic E-state index is 10.3. The van der Waals surface area contributed by atoms with Crippen LogP contribution >= 0.6 is 0 Å². The Morgan fingerprint density at radius 2 is 2.00 bits per heavy atom. The van der Waals surface area contributed by atoms with E-state index < -0.39 is 5.97 Å². The quantitative estimate of drug-likeness (QED) is 0.640. The van der Waals surface area contributed by atoms with Crippen molar-refractivity contribution in [3.63, 3.8) is 0 Å². The van der Waals surface area contributed by atoms with Crippen molar-refractivity contribution in [2.75, 3.05) is 0 Å². The Morgan fingerprint density at radius 3 is 2.50 bits per heavy atom. The minimum absolute atomic E-state index is 0.00111. The van der Waals surface area contributed by atoms with E-state index in [4.69, 9.17) is 0 Å². The van der Waals surface area contributed by atoms with Crippen LogP contribution in [0.2, 0.25) is 0 Å². The highest BCUT2D eigenvalue weighted by Crippen LogP contribution is 2.09. The molecule has 64 valence electrons. The maximum Gasteiger partial charge on any atom is 0.0458 e. The summed E-state index contributed by atoms with van der Waals surface area (Å²) in [5, 5.41) is 10.3. The van der Waals surface area contributed by atoms with Crippen molar-refractivity contribution in [1.29, 1.82) is 0 Å². The van der Waals surface area contributed by atoms with Crippen LogP contribution in [-0.4, -0.2) is 5.97 Å². The van der Waals surface area contributed by atoms with Crippen LogP contribution < -0.4 is 5.11 Å². The number of carboxylic acids is 1. The van der Waals surface area contributed by atoms with Gasteiger partial charge in [-0.3, -0.25) is 0 Å². The van der Waals surface area contributed by atoms with Crippen LogP contribution in [0.25, 0.3) is 0 Å². The molecule has 0 aromatic heterocycles. The molecule has 2 nitrogen and oxygen atoms in total. The first-order valence-electron chi connectivity index (χ1n) is 3.85. The first-order valence-corrected chi connectivity index (χ1v) is 3.85. The van der Waals surface area contributed by atoms with Crippen molar-refractivity contribution in [2.45, 2.75) is 20.3 Å². The predicted molar refractivity (Wildman–Crippen MR) is 44.6 cm³/mol. The van der Waals surface area contributed by atoms with Gasteiger partial charge in [-0.25, -0.2) is 0 Å². The number of aryl methyl sites for hydroxylation is 2. The van der Waals surface area contributed by atoms with Crippen molar-refractivity contribution in [3.8, 4) is 0 Å². The highest BCUT2D eigenvalue weighted by molar-refractivity contribution is 5.68. The monoisotopic (exact) mass is 163 g/mol. The summed E-state index contributed by atoms with van der Waals surface area (Å²) < 4.78 is 0. The Morgan fingerprint density at radius 1 is 1.33 bits per heavy atom. The fourth-order valence-electron chi connectivity index (χ4n) is 1.08. The second kappa shape index (κ2) is 3.39. The normalized spacial score (nSPS) is 9.83. The highest BCUT2D eigenvalue weighted by atomic mass is 16.4. The zero-order valence-electron chi connectivity index (χ0n) is 7.26. The molecule has 0 fully saturated rings. The Bertz CT molecular complexity index is 303. The summed E-state index contributed by atoms with van der Waals surface area (Å²) >= 11 is 0. The Hall–Kier alpha value is -1.31. The van der Waals surface area contributed by atoms with Gasteiger partial charge in [-0.2, -0.15) is 0 Å². The molecule has 12 heavy (non-hydrogen) atoms. The van der Waals surface area contributed by atoms with E-state index in [1.807, 2.05) is 32.0 Å². The lowest BCUT2D eigenvalue weighted by Crippen LogP contribution is -2.24. The number of hydrogen-bond donors (Lipinski definition) is 0. The van der Waals surface area contributed by atoms with Gasteiger partial charge >= 0.3 is 0 Å². The van der Waals surface area contributed by atoms with Gasteiger partial charge in [0.15, 0.2) is 0 Å². The average molecular weight is 163 g/mol. The summed E-state index contributed by atoms with van der Waals surface area (Å²) in [7, 11) is 0. The molecule has 0 amide bonds. The van der Waals surface area contributed by atoms with Crippen molar-refractivity contribution in [2.24, 2.45) is 0 Å². The first-order chi connectivity index (χ1) is 5.59. The molecule has 0 saturated carbocycles. The number of carboxylic acid groups (broad SMARTS) is 1. The molecule has 0 atom stereocenters. The van der Waals surface area contributed by atoms with E-state index in [0.717, 1.165) is 11.1 Å². The van der Waals surface area contributed by atoms with Crippen LogP contribution in [0.5, 0.6) is 0 Å². The molecule has 0 aliphatic heterocycles. The molecule has 0 aliphatic rings. The number of benzene rings is 1. The molecule has 0 spiro atoms. The van der Waals surface area contributed by atoms with Crippen molar-refractivity contribution in [3.05, 3.63) is 34.9 Å². The fourth-order valence-corrected chi connectivity index (χ4v) is 1.08. The van der Waals surface area contributed by atoms with Crippen molar-refractivity contribution < 1.29 is 9.90 Å². The average Bonchev–Trinajstić information content (AvgIpc) is 1.96. The van der Waals surface area contributed by atoms with Crippen LogP contribution in [0.1, 0.15) is 16.7 Å². The summed E-state index contributed by atoms with van der Waals surface area (Å²) in [5.74, 6) is -1.03. The topological polar surface area (TPSA) is 40.1 Å². The van der Waals surface area contributed by atoms with Crippen LogP contribution in [0, 0.1) is 13.8 Å². The second-order valence-electron chi connectivity index (χ2n) is 2.97. The molecule has 1 aromatic carbocycles. The second-order valence-corrected chi connectivity index (χ2v) is 2.97. The molecule has 1 aromatic rings. The van der Waals surface area contributed by atoms with Gasteiger partial charge in [-0.1, -0.05) is 18.2 Å². The SMILES string of the molecule is Cc1ccc(CC(=O)[O-])cc1C. The van der Waals surface area contributed by atoms with Crippen LogP contribution in [0.15, 0.2) is 18.2 Å². The lowest BCUT2D eigenvalue weighted by atomic mass is 10.0. The smallest absolute Gasteiger partial charge is 0.0458 e. The van der Waals surface area contributed by atoms with Crippen molar-refractivity contribution in [1.82, 2.24) is 0 Å². The zero-order chi connectivity index (χ0) is 9.14. The number of carbonyl (C=O) groups is 1. The van der Waals surface area contributed by atoms with E-state index in [1.54, 1.807) is 0 Å². The summed E-state index contributed by atoms with van der Waals surface area (Å²) in [6.07, 6.45) is 0.00111. The van der Waals surface area contributed by atoms with Gasteiger partial charge in [0, 0.05) is 12.4 Å². The predicted octanol–water partition coefficient (Wildman–Crippen LogP) is 0.596. The summed E-state index contributed by atoms with van der Waals surface area (Å²) in [6, 6.07) is 5.62. The molecule has 1 rings (SSSR count). The van der Waals surface area contributed by atoms with Gasteiger partial charge < -0.3 is 9.90 Å². The largest absolute Gasteiger partial charge is 0.550 e. The standard InChI is InChI=1S/C10H12O2/c1-7-3-4-9(5-8(7)2)6-10(11)12/h3-5H,6H2,1-2H3,(H,11,12)/p-1. The van der Waals surface area contributed by atoms with Crippen LogP contribution in [-0.2, 0) is 11.2 Å². The van der Waals surface area contributed by atoms with Gasteiger partial charge in [-0.05, 0) is 30.5 Å². The van der Waals surface area contributed by atoms with E-state index in [0.29, 0.717) is 0 Å². The Labute approximate surface area is 71.8 Å². The lowest BCUT2D eigenvalue weighted by Gasteiger charge is -2.05. The highest BCUT2D eigenvalue weighted by Gasteiger charge is 1.95. The van der Waals surface area contributed by atoms with Gasteiger partial charge in [-0.15, -0.1) is 0 Å². The third-order valence-corrected chi connectivity index (χ3v) is 1.92. The molecule has 0 aliphatic carbocycles. The van der Waals surface area contributed by atoms with Gasteiger partial charge in [0.05, 0.1) is 0 Å². The minimum atomic E-state index is -1.03. The molecule has 0 heterocycles. The van der Waals surface area contributed by atoms with E-state index in [2.05, 4.69) is 0 Å². The lowest BCUT2D eigenvalue weighted by molar-refractivity contribution is -0.304. The number of carbonyl (C=O) groups excluding carboxylic acids is 1. The number of rotatable bonds is 2. The fraction of sp³-hybridized carbons (Fsp3) is 0.300. The zero-order valence-corrected chi connectivity index (χ0v) is 7.26. The molecule has 0 radical (unpaired) electrons. The Balaban J connectivity index is 2.89. The van der Waals surface area contributed by atoms with E-state index in [9.17, 15) is 9.90 Å². The van der Waals surface area contributed by atoms with E-state index >= 15 is 0 Å². The summed E-state index contributed by atoms with van der Waals surface area (Å²) in [4.78, 5) is 10.3. The molecular formula is C10H11O2-. The molecule has 2 heteroatoms. The molecule has 0 unspecified atom stereocenters. The van der Waals surface area contributed by atoms with Crippen molar-refractivity contribution >= 4 is 5.97 Å². The molecule has 0 saturated heterocycles. The maximum atomic E-state index is 10.3. The molecule has 0 N–H and O–H groups in total. The third-order valence-electron chi connectivity index (χ3n) is 1.92. The van der Waals surface area contributed by atoms with Gasteiger partial charge in [0.2, 0.25) is 0 Å². The summed E-state index contributed by atoms with van der Waals surface area (Å²) in [6.45, 7) is 3.96. The van der Waals surface area contributed by atoms with E-state index in [1.165, 1.54) is 5.56 Å². The third kappa shape index (κ3) is 2.09. The summed E-state index contributed by atoms with van der Waals surface area (Å²) in [5.41, 5.74) is 3.10. The number of hydrogen-bond acceptors (Lipinski definition) is 2. The number of aliphatic carboxylic acids is 1.